The Kier molecular flexibility index (Phi) is 12.0. The number of piperazine rings is 1. The Bertz CT molecular complexity index is 1380. The number of benzene rings is 3. The molecule has 0 radical (unpaired) electrons. The molecular weight excluding hydrogens is 572 g/mol. The van der Waals surface area contributed by atoms with E-state index in [9.17, 15) is 14.9 Å². The Morgan fingerprint density at radius 3 is 2.20 bits per heavy atom. The standard InChI is InChI=1S/C34H42N4O6.CH4/c1-3-42-33-24-31(12-13-32(33)38(40)41)44-30-14-18-37(19-15-30)34(39)16-17-35-20-22-36(23-21-35)28-8-10-29(11-9-28)43-25-27-6-4-26(2)5-7-27;/h4-13,24,30H,3,14-23,25H2,1-2H3;1H4. The van der Waals surface area contributed by atoms with Gasteiger partial charge in [-0.15, -0.1) is 0 Å². The van der Waals surface area contributed by atoms with E-state index >= 15 is 0 Å². The highest BCUT2D eigenvalue weighted by Gasteiger charge is 2.26. The van der Waals surface area contributed by atoms with Crippen molar-refractivity contribution in [1.29, 1.82) is 0 Å². The molecule has 2 saturated heterocycles. The molecule has 10 heteroatoms. The molecule has 2 aliphatic heterocycles. The normalized spacial score (nSPS) is 15.7. The van der Waals surface area contributed by atoms with Crippen molar-refractivity contribution in [3.05, 3.63) is 88.0 Å². The van der Waals surface area contributed by atoms with Crippen molar-refractivity contribution in [3.63, 3.8) is 0 Å². The van der Waals surface area contributed by atoms with Gasteiger partial charge in [0.05, 0.1) is 11.5 Å². The number of piperidine rings is 1. The fourth-order valence-corrected chi connectivity index (χ4v) is 5.65. The third kappa shape index (κ3) is 9.34. The first-order valence-corrected chi connectivity index (χ1v) is 15.5. The lowest BCUT2D eigenvalue weighted by Crippen LogP contribution is -2.48. The monoisotopic (exact) mass is 618 g/mol. The number of carbonyl (C=O) groups is 1. The lowest BCUT2D eigenvalue weighted by Gasteiger charge is -2.37. The number of carbonyl (C=O) groups excluding carboxylic acids is 1. The molecule has 0 N–H and O–H groups in total. The summed E-state index contributed by atoms with van der Waals surface area (Å²) in [7, 11) is 0. The minimum atomic E-state index is -0.457. The van der Waals surface area contributed by atoms with E-state index in [0.717, 1.165) is 56.9 Å². The lowest BCUT2D eigenvalue weighted by atomic mass is 10.1. The van der Waals surface area contributed by atoms with E-state index < -0.39 is 4.92 Å². The zero-order valence-electron chi connectivity index (χ0n) is 25.7. The largest absolute Gasteiger partial charge is 0.490 e. The Labute approximate surface area is 266 Å². The minimum absolute atomic E-state index is 0. The number of nitro groups is 1. The van der Waals surface area contributed by atoms with Crippen LogP contribution >= 0.6 is 0 Å². The zero-order chi connectivity index (χ0) is 30.9. The highest BCUT2D eigenvalue weighted by molar-refractivity contribution is 5.76. The van der Waals surface area contributed by atoms with Crippen LogP contribution in [0.1, 0.15) is 44.7 Å². The fourth-order valence-electron chi connectivity index (χ4n) is 5.65. The Hall–Kier alpha value is -4.31. The number of anilines is 1. The molecule has 0 bridgehead atoms. The van der Waals surface area contributed by atoms with Crippen LogP contribution in [-0.4, -0.2) is 79.2 Å². The van der Waals surface area contributed by atoms with Gasteiger partial charge in [0, 0.05) is 82.9 Å². The molecule has 10 nitrogen and oxygen atoms in total. The van der Waals surface area contributed by atoms with E-state index in [0.29, 0.717) is 38.5 Å². The molecule has 0 spiro atoms. The molecule has 2 aliphatic rings. The molecule has 5 rings (SSSR count). The molecular formula is C35H46N4O6. The summed E-state index contributed by atoms with van der Waals surface area (Å²) in [6.45, 7) is 10.5. The second-order valence-corrected chi connectivity index (χ2v) is 11.4. The van der Waals surface area contributed by atoms with Crippen LogP contribution in [-0.2, 0) is 11.4 Å². The highest BCUT2D eigenvalue weighted by Crippen LogP contribution is 2.32. The third-order valence-corrected chi connectivity index (χ3v) is 8.27. The maximum absolute atomic E-state index is 13.0. The molecule has 0 saturated carbocycles. The number of rotatable bonds is 12. The Morgan fingerprint density at radius 2 is 1.56 bits per heavy atom. The number of nitro benzene ring substituents is 1. The SMILES string of the molecule is C.CCOc1cc(OC2CCN(C(=O)CCN3CCN(c4ccc(OCc5ccc(C)cc5)cc4)CC3)CC2)ccc1[N+](=O)[O-]. The molecule has 3 aromatic rings. The molecule has 3 aromatic carbocycles. The minimum Gasteiger partial charge on any atom is -0.490 e. The van der Waals surface area contributed by atoms with E-state index in [1.54, 1.807) is 19.1 Å². The topological polar surface area (TPSA) is 97.6 Å². The first-order valence-electron chi connectivity index (χ1n) is 15.5. The summed E-state index contributed by atoms with van der Waals surface area (Å²) < 4.78 is 17.5. The summed E-state index contributed by atoms with van der Waals surface area (Å²) in [4.78, 5) is 30.4. The van der Waals surface area contributed by atoms with E-state index in [1.165, 1.54) is 17.3 Å². The van der Waals surface area contributed by atoms with Gasteiger partial charge < -0.3 is 24.0 Å². The summed E-state index contributed by atoms with van der Waals surface area (Å²) in [6.07, 6.45) is 1.91. The van der Waals surface area contributed by atoms with Crippen LogP contribution in [0, 0.1) is 17.0 Å². The molecule has 0 aliphatic carbocycles. The number of hydrogen-bond acceptors (Lipinski definition) is 8. The molecule has 1 amide bonds. The van der Waals surface area contributed by atoms with Gasteiger partial charge >= 0.3 is 5.69 Å². The quantitative estimate of drug-likeness (QED) is 0.178. The number of ether oxygens (including phenoxy) is 3. The van der Waals surface area contributed by atoms with Crippen molar-refractivity contribution in [2.45, 2.75) is 53.2 Å². The van der Waals surface area contributed by atoms with Crippen LogP contribution in [0.2, 0.25) is 0 Å². The number of amides is 1. The number of nitrogens with zero attached hydrogens (tertiary/aromatic N) is 4. The predicted molar refractivity (Wildman–Crippen MR) is 176 cm³/mol. The molecule has 0 aromatic heterocycles. The number of aryl methyl sites for hydroxylation is 1. The molecule has 2 fully saturated rings. The predicted octanol–water partition coefficient (Wildman–Crippen LogP) is 6.10. The Morgan fingerprint density at radius 1 is 0.889 bits per heavy atom. The van der Waals surface area contributed by atoms with Crippen molar-refractivity contribution < 1.29 is 23.9 Å². The van der Waals surface area contributed by atoms with Gasteiger partial charge in [-0.25, -0.2) is 0 Å². The third-order valence-electron chi connectivity index (χ3n) is 8.27. The van der Waals surface area contributed by atoms with Crippen LogP contribution in [0.4, 0.5) is 11.4 Å². The molecule has 45 heavy (non-hydrogen) atoms. The van der Waals surface area contributed by atoms with Crippen LogP contribution < -0.4 is 19.1 Å². The second kappa shape index (κ2) is 16.1. The van der Waals surface area contributed by atoms with E-state index in [4.69, 9.17) is 14.2 Å². The summed E-state index contributed by atoms with van der Waals surface area (Å²) >= 11 is 0. The van der Waals surface area contributed by atoms with Crippen LogP contribution in [0.3, 0.4) is 0 Å². The molecule has 242 valence electrons. The van der Waals surface area contributed by atoms with E-state index in [2.05, 4.69) is 53.1 Å². The van der Waals surface area contributed by atoms with Gasteiger partial charge in [-0.05, 0) is 49.7 Å². The Balaban J connectivity index is 0.00000461. The maximum Gasteiger partial charge on any atom is 0.311 e. The van der Waals surface area contributed by atoms with Gasteiger partial charge in [-0.2, -0.15) is 0 Å². The zero-order valence-corrected chi connectivity index (χ0v) is 25.7. The van der Waals surface area contributed by atoms with Gasteiger partial charge in [-0.1, -0.05) is 37.3 Å². The first kappa shape index (κ1) is 33.6. The number of hydrogen-bond donors (Lipinski definition) is 0. The van der Waals surface area contributed by atoms with Gasteiger partial charge in [0.15, 0.2) is 0 Å². The lowest BCUT2D eigenvalue weighted by molar-refractivity contribution is -0.385. The van der Waals surface area contributed by atoms with Crippen molar-refractivity contribution >= 4 is 17.3 Å². The van der Waals surface area contributed by atoms with Crippen molar-refractivity contribution in [2.75, 3.05) is 57.3 Å². The van der Waals surface area contributed by atoms with Crippen LogP contribution in [0.25, 0.3) is 0 Å². The average molecular weight is 619 g/mol. The van der Waals surface area contributed by atoms with Gasteiger partial charge in [0.1, 0.15) is 24.2 Å². The second-order valence-electron chi connectivity index (χ2n) is 11.4. The average Bonchev–Trinajstić information content (AvgIpc) is 3.04. The van der Waals surface area contributed by atoms with Gasteiger partial charge in [-0.3, -0.25) is 19.8 Å². The van der Waals surface area contributed by atoms with Crippen LogP contribution in [0.15, 0.2) is 66.7 Å². The van der Waals surface area contributed by atoms with Gasteiger partial charge in [0.25, 0.3) is 0 Å². The van der Waals surface area contributed by atoms with E-state index in [-0.39, 0.29) is 30.9 Å². The van der Waals surface area contributed by atoms with Gasteiger partial charge in [0.2, 0.25) is 11.7 Å². The fraction of sp³-hybridized carbons (Fsp3) is 0.457. The van der Waals surface area contributed by atoms with E-state index in [1.807, 2.05) is 17.0 Å². The number of likely N-dealkylation sites (tertiary alicyclic amines) is 1. The van der Waals surface area contributed by atoms with Crippen molar-refractivity contribution in [3.8, 4) is 17.2 Å². The summed E-state index contributed by atoms with van der Waals surface area (Å²) in [5.74, 6) is 1.80. The smallest absolute Gasteiger partial charge is 0.311 e. The summed E-state index contributed by atoms with van der Waals surface area (Å²) in [5, 5.41) is 11.2. The molecule has 0 unspecified atom stereocenters. The maximum atomic E-state index is 13.0. The highest BCUT2D eigenvalue weighted by atomic mass is 16.6. The van der Waals surface area contributed by atoms with Crippen molar-refractivity contribution in [2.24, 2.45) is 0 Å². The van der Waals surface area contributed by atoms with Crippen molar-refractivity contribution in [1.82, 2.24) is 9.80 Å². The summed E-state index contributed by atoms with van der Waals surface area (Å²) in [5.41, 5.74) is 3.52. The molecule has 0 atom stereocenters. The first-order chi connectivity index (χ1) is 21.4. The summed E-state index contributed by atoms with van der Waals surface area (Å²) in [6, 6.07) is 21.3. The van der Waals surface area contributed by atoms with Crippen LogP contribution in [0.5, 0.6) is 17.2 Å². The molecule has 2 heterocycles.